The van der Waals surface area contributed by atoms with E-state index in [1.165, 1.54) is 5.39 Å². The summed E-state index contributed by atoms with van der Waals surface area (Å²) >= 11 is 0. The fraction of sp³-hybridized carbons (Fsp3) is 0.0263. The first-order chi connectivity index (χ1) is 20.7. The van der Waals surface area contributed by atoms with Crippen LogP contribution in [0.25, 0.3) is 33.0 Å². The predicted octanol–water partition coefficient (Wildman–Crippen LogP) is 8.54. The van der Waals surface area contributed by atoms with E-state index in [2.05, 4.69) is 96.3 Å². The van der Waals surface area contributed by atoms with Crippen molar-refractivity contribution in [2.24, 2.45) is 9.98 Å². The zero-order valence-corrected chi connectivity index (χ0v) is 22.8. The van der Waals surface area contributed by atoms with Crippen molar-refractivity contribution in [2.75, 3.05) is 0 Å². The molecule has 0 saturated carbocycles. The van der Waals surface area contributed by atoms with Crippen LogP contribution >= 0.6 is 0 Å². The van der Waals surface area contributed by atoms with Gasteiger partial charge in [-0.05, 0) is 62.9 Å². The molecule has 0 bridgehead atoms. The molecular formula is C38H26N4. The molecule has 0 amide bonds. The van der Waals surface area contributed by atoms with Crippen molar-refractivity contribution in [1.29, 1.82) is 5.26 Å². The van der Waals surface area contributed by atoms with E-state index in [1.807, 2.05) is 60.7 Å². The summed E-state index contributed by atoms with van der Waals surface area (Å²) in [4.78, 5) is 9.92. The maximum Gasteiger partial charge on any atom is 0.159 e. The highest BCUT2D eigenvalue weighted by molar-refractivity contribution is 6.13. The van der Waals surface area contributed by atoms with E-state index in [0.29, 0.717) is 11.4 Å². The van der Waals surface area contributed by atoms with Gasteiger partial charge in [-0.1, -0.05) is 121 Å². The number of hydrogen-bond donors (Lipinski definition) is 1. The third-order valence-electron chi connectivity index (χ3n) is 7.55. The Morgan fingerprint density at radius 1 is 0.524 bits per heavy atom. The summed E-state index contributed by atoms with van der Waals surface area (Å²) in [5.41, 5.74) is 8.14. The van der Waals surface area contributed by atoms with Gasteiger partial charge in [-0.3, -0.25) is 0 Å². The van der Waals surface area contributed by atoms with E-state index in [-0.39, 0.29) is 6.17 Å². The molecule has 1 atom stereocenters. The summed E-state index contributed by atoms with van der Waals surface area (Å²) in [6, 6.07) is 51.8. The fourth-order valence-electron chi connectivity index (χ4n) is 5.31. The predicted molar refractivity (Wildman–Crippen MR) is 171 cm³/mol. The van der Waals surface area contributed by atoms with Crippen LogP contribution in [0.3, 0.4) is 0 Å². The van der Waals surface area contributed by atoms with Crippen LogP contribution in [0.5, 0.6) is 0 Å². The van der Waals surface area contributed by atoms with Gasteiger partial charge in [0.15, 0.2) is 5.84 Å². The molecular weight excluding hydrogens is 512 g/mol. The maximum absolute atomic E-state index is 9.31. The molecule has 1 aliphatic heterocycles. The molecule has 0 aromatic heterocycles. The van der Waals surface area contributed by atoms with Crippen molar-refractivity contribution in [1.82, 2.24) is 5.32 Å². The molecule has 0 radical (unpaired) electrons. The fourth-order valence-corrected chi connectivity index (χ4v) is 5.31. The molecule has 0 saturated heterocycles. The summed E-state index contributed by atoms with van der Waals surface area (Å²) in [5.74, 6) is 1.51. The van der Waals surface area contributed by atoms with Crippen LogP contribution in [0.15, 0.2) is 156 Å². The third-order valence-corrected chi connectivity index (χ3v) is 7.55. The average Bonchev–Trinajstić information content (AvgIpc) is 3.08. The Bertz CT molecular complexity index is 2000. The van der Waals surface area contributed by atoms with Crippen LogP contribution < -0.4 is 5.32 Å². The minimum absolute atomic E-state index is 0.225. The molecule has 0 aliphatic carbocycles. The van der Waals surface area contributed by atoms with Crippen LogP contribution in [-0.2, 0) is 0 Å². The van der Waals surface area contributed by atoms with Gasteiger partial charge in [0.05, 0.1) is 11.6 Å². The number of nitrogens with one attached hydrogen (secondary N) is 1. The van der Waals surface area contributed by atoms with Gasteiger partial charge in [0.25, 0.3) is 0 Å². The van der Waals surface area contributed by atoms with Gasteiger partial charge in [0.2, 0.25) is 0 Å². The molecule has 42 heavy (non-hydrogen) atoms. The molecule has 198 valence electrons. The van der Waals surface area contributed by atoms with Crippen LogP contribution in [0.2, 0.25) is 0 Å². The average molecular weight is 539 g/mol. The van der Waals surface area contributed by atoms with Crippen molar-refractivity contribution in [2.45, 2.75) is 6.17 Å². The molecule has 0 fully saturated rings. The molecule has 6 aromatic carbocycles. The number of hydrogen-bond acceptors (Lipinski definition) is 4. The van der Waals surface area contributed by atoms with Gasteiger partial charge >= 0.3 is 0 Å². The maximum atomic E-state index is 9.31. The van der Waals surface area contributed by atoms with Crippen molar-refractivity contribution in [3.05, 3.63) is 168 Å². The molecule has 1 heterocycles. The van der Waals surface area contributed by atoms with Gasteiger partial charge in [0, 0.05) is 11.1 Å². The molecule has 6 aromatic rings. The lowest BCUT2D eigenvalue weighted by Crippen LogP contribution is -2.33. The van der Waals surface area contributed by atoms with Gasteiger partial charge in [-0.2, -0.15) is 5.26 Å². The normalized spacial score (nSPS) is 14.4. The lowest BCUT2D eigenvalue weighted by molar-refractivity contribution is 0.674. The highest BCUT2D eigenvalue weighted by atomic mass is 15.2. The third kappa shape index (κ3) is 5.08. The van der Waals surface area contributed by atoms with E-state index >= 15 is 0 Å². The Kier molecular flexibility index (Phi) is 6.60. The van der Waals surface area contributed by atoms with Crippen molar-refractivity contribution in [3.63, 3.8) is 0 Å². The Labute approximate surface area is 245 Å². The van der Waals surface area contributed by atoms with Crippen LogP contribution in [-0.4, -0.2) is 11.7 Å². The Balaban J connectivity index is 1.22. The highest BCUT2D eigenvalue weighted by Crippen LogP contribution is 2.30. The lowest BCUT2D eigenvalue weighted by Gasteiger charge is -2.23. The topological polar surface area (TPSA) is 60.5 Å². The number of benzene rings is 6. The van der Waals surface area contributed by atoms with Crippen LogP contribution in [0.1, 0.15) is 28.4 Å². The molecule has 1 unspecified atom stereocenters. The molecule has 0 spiro atoms. The molecule has 4 nitrogen and oxygen atoms in total. The number of amidine groups is 2. The summed E-state index contributed by atoms with van der Waals surface area (Å²) in [6.45, 7) is 0. The van der Waals surface area contributed by atoms with E-state index in [1.54, 1.807) is 0 Å². The molecule has 7 rings (SSSR count). The van der Waals surface area contributed by atoms with Gasteiger partial charge in [0.1, 0.15) is 12.0 Å². The van der Waals surface area contributed by atoms with Gasteiger partial charge < -0.3 is 5.32 Å². The van der Waals surface area contributed by atoms with Gasteiger partial charge in [-0.15, -0.1) is 0 Å². The summed E-state index contributed by atoms with van der Waals surface area (Å²) < 4.78 is 0. The molecule has 4 heteroatoms. The number of nitrogens with zero attached hydrogens (tertiary/aromatic N) is 3. The Morgan fingerprint density at radius 2 is 1.12 bits per heavy atom. The smallest absolute Gasteiger partial charge is 0.159 e. The highest BCUT2D eigenvalue weighted by Gasteiger charge is 2.20. The van der Waals surface area contributed by atoms with E-state index in [9.17, 15) is 5.26 Å². The molecule has 1 aliphatic rings. The second-order valence-electron chi connectivity index (χ2n) is 10.3. The number of fused-ring (bicyclic) bond motifs is 1. The Hall–Kier alpha value is -5.79. The zero-order chi connectivity index (χ0) is 28.3. The second-order valence-corrected chi connectivity index (χ2v) is 10.3. The largest absolute Gasteiger partial charge is 0.344 e. The number of nitriles is 1. The van der Waals surface area contributed by atoms with E-state index in [4.69, 9.17) is 9.98 Å². The monoisotopic (exact) mass is 538 g/mol. The van der Waals surface area contributed by atoms with Crippen molar-refractivity contribution < 1.29 is 0 Å². The lowest BCUT2D eigenvalue weighted by atomic mass is 9.96. The van der Waals surface area contributed by atoms with Crippen LogP contribution in [0.4, 0.5) is 0 Å². The van der Waals surface area contributed by atoms with Crippen molar-refractivity contribution >= 4 is 22.4 Å². The van der Waals surface area contributed by atoms with Gasteiger partial charge in [-0.25, -0.2) is 9.98 Å². The zero-order valence-electron chi connectivity index (χ0n) is 22.8. The first kappa shape index (κ1) is 25.2. The van der Waals surface area contributed by atoms with Crippen LogP contribution in [0, 0.1) is 11.3 Å². The minimum atomic E-state index is -0.225. The first-order valence-corrected chi connectivity index (χ1v) is 13.9. The Morgan fingerprint density at radius 3 is 1.83 bits per heavy atom. The number of aliphatic imine (C=N–C) groups is 2. The summed E-state index contributed by atoms with van der Waals surface area (Å²) in [5, 5.41) is 15.1. The molecule has 1 N–H and O–H groups in total. The van der Waals surface area contributed by atoms with E-state index < -0.39 is 0 Å². The first-order valence-electron chi connectivity index (χ1n) is 13.9. The minimum Gasteiger partial charge on any atom is -0.344 e. The summed E-state index contributed by atoms with van der Waals surface area (Å²) in [6.07, 6.45) is -0.225. The standard InChI is InChI=1S/C38H26N4/c39-25-26-8-7-13-32(22-26)34-21-17-28-16-20-33(23-35(28)24-34)27-14-18-31(19-15-27)38-41-36(29-9-3-1-4-10-29)40-37(42-38)30-11-5-2-6-12-30/h1-24,36H,(H,40,41,42). The summed E-state index contributed by atoms with van der Waals surface area (Å²) in [7, 11) is 0. The number of rotatable bonds is 5. The van der Waals surface area contributed by atoms with E-state index in [0.717, 1.165) is 50.2 Å². The SMILES string of the molecule is N#Cc1cccc(-c2ccc3ccc(-c4ccc(C5=NC(c6ccccc6)NC(c6ccccc6)=N5)cc4)cc3c2)c1. The second kappa shape index (κ2) is 11.0. The van der Waals surface area contributed by atoms with Crippen molar-refractivity contribution in [3.8, 4) is 28.3 Å². The quantitative estimate of drug-likeness (QED) is 0.239.